The Balaban J connectivity index is 1.08. The molecule has 0 atom stereocenters. The summed E-state index contributed by atoms with van der Waals surface area (Å²) in [7, 11) is 0. The van der Waals surface area contributed by atoms with E-state index in [4.69, 9.17) is 0 Å². The average Bonchev–Trinajstić information content (AvgIpc) is 3.54. The topological polar surface area (TPSA) is 15.3 Å². The molecule has 228 valence electrons. The average molecular weight is 633 g/mol. The van der Waals surface area contributed by atoms with Crippen LogP contribution in [0.2, 0.25) is 0 Å². The molecule has 0 fully saturated rings. The van der Waals surface area contributed by atoms with Crippen LogP contribution in [-0.4, -0.2) is 6.54 Å². The number of thiophene rings is 1. The number of hydrogen-bond acceptors (Lipinski definition) is 3. The summed E-state index contributed by atoms with van der Waals surface area (Å²) in [6, 6.07) is 61.3. The van der Waals surface area contributed by atoms with E-state index in [1.54, 1.807) is 0 Å². The molecule has 2 nitrogen and oxygen atoms in total. The maximum atomic E-state index is 3.68. The van der Waals surface area contributed by atoms with Gasteiger partial charge in [-0.1, -0.05) is 121 Å². The van der Waals surface area contributed by atoms with Crippen molar-refractivity contribution in [1.29, 1.82) is 0 Å². The Hall–Kier alpha value is -5.90. The molecule has 48 heavy (non-hydrogen) atoms. The van der Waals surface area contributed by atoms with Gasteiger partial charge in [-0.2, -0.15) is 0 Å². The normalized spacial score (nSPS) is 12.4. The Kier molecular flexibility index (Phi) is 7.10. The monoisotopic (exact) mass is 632 g/mol. The van der Waals surface area contributed by atoms with Gasteiger partial charge < -0.3 is 10.2 Å². The van der Waals surface area contributed by atoms with E-state index in [9.17, 15) is 0 Å². The van der Waals surface area contributed by atoms with Gasteiger partial charge in [0.15, 0.2) is 0 Å². The zero-order valence-electron chi connectivity index (χ0n) is 26.3. The quantitative estimate of drug-likeness (QED) is 0.196. The highest BCUT2D eigenvalue weighted by molar-refractivity contribution is 7.23. The van der Waals surface area contributed by atoms with Gasteiger partial charge in [0, 0.05) is 39.3 Å². The molecule has 3 heteroatoms. The fourth-order valence-corrected chi connectivity index (χ4v) is 7.88. The summed E-state index contributed by atoms with van der Waals surface area (Å²) in [6.07, 6.45) is 2.37. The molecule has 0 bridgehead atoms. The van der Waals surface area contributed by atoms with Gasteiger partial charge >= 0.3 is 0 Å². The van der Waals surface area contributed by atoms with Gasteiger partial charge in [-0.05, 0) is 98.8 Å². The fraction of sp³-hybridized carbons (Fsp3) is 0.0222. The van der Waals surface area contributed by atoms with E-state index in [2.05, 4.69) is 186 Å². The van der Waals surface area contributed by atoms with Crippen LogP contribution in [0.3, 0.4) is 0 Å². The standard InChI is InChI=1S/C45H32N2S/c1-2-8-31(9-3-1)33-16-22-39(23-17-33)47(40-24-18-34(19-25-40)37-15-14-32-10-4-5-11-36(32)28-37)41-26-20-35(21-27-41)38-29-43-42-12-6-7-13-44(42)48-45(43)46-30-38/h1-29,46H,30H2. The van der Waals surface area contributed by atoms with Crippen LogP contribution in [0.4, 0.5) is 22.1 Å². The highest BCUT2D eigenvalue weighted by Gasteiger charge is 2.18. The Morgan fingerprint density at radius 2 is 1.00 bits per heavy atom. The van der Waals surface area contributed by atoms with Gasteiger partial charge in [0.05, 0.1) is 5.00 Å². The van der Waals surface area contributed by atoms with Crippen LogP contribution in [0.5, 0.6) is 0 Å². The number of nitrogens with one attached hydrogen (secondary N) is 1. The lowest BCUT2D eigenvalue weighted by Crippen LogP contribution is -2.11. The maximum absolute atomic E-state index is 3.68. The molecular weight excluding hydrogens is 601 g/mol. The second-order valence-electron chi connectivity index (χ2n) is 12.3. The Morgan fingerprint density at radius 3 is 1.71 bits per heavy atom. The van der Waals surface area contributed by atoms with Gasteiger partial charge in [-0.15, -0.1) is 11.3 Å². The molecule has 9 rings (SSSR count). The summed E-state index contributed by atoms with van der Waals surface area (Å²) in [5.74, 6) is 0. The first-order chi connectivity index (χ1) is 23.8. The van der Waals surface area contributed by atoms with E-state index in [1.807, 2.05) is 11.3 Å². The van der Waals surface area contributed by atoms with Crippen LogP contribution in [0.15, 0.2) is 170 Å². The molecule has 1 aliphatic heterocycles. The van der Waals surface area contributed by atoms with Crippen molar-refractivity contribution in [3.8, 4) is 22.3 Å². The van der Waals surface area contributed by atoms with E-state index in [1.165, 1.54) is 64.8 Å². The van der Waals surface area contributed by atoms with Crippen molar-refractivity contribution in [2.75, 3.05) is 16.8 Å². The highest BCUT2D eigenvalue weighted by Crippen LogP contribution is 2.42. The molecule has 0 saturated heterocycles. The van der Waals surface area contributed by atoms with E-state index >= 15 is 0 Å². The second-order valence-corrected chi connectivity index (χ2v) is 13.3. The number of benzene rings is 7. The molecule has 1 aromatic heterocycles. The van der Waals surface area contributed by atoms with Crippen molar-refractivity contribution in [3.63, 3.8) is 0 Å². The smallest absolute Gasteiger partial charge is 0.0971 e. The molecule has 2 heterocycles. The summed E-state index contributed by atoms with van der Waals surface area (Å²) in [5.41, 5.74) is 12.0. The zero-order chi connectivity index (χ0) is 31.9. The lowest BCUT2D eigenvalue weighted by molar-refractivity contribution is 1.28. The van der Waals surface area contributed by atoms with E-state index in [0.29, 0.717) is 0 Å². The molecule has 0 saturated carbocycles. The maximum Gasteiger partial charge on any atom is 0.0971 e. The van der Waals surface area contributed by atoms with Crippen LogP contribution >= 0.6 is 11.3 Å². The molecule has 1 N–H and O–H groups in total. The second kappa shape index (κ2) is 12.0. The Morgan fingerprint density at radius 1 is 0.458 bits per heavy atom. The largest absolute Gasteiger partial charge is 0.372 e. The van der Waals surface area contributed by atoms with E-state index < -0.39 is 0 Å². The highest BCUT2D eigenvalue weighted by atomic mass is 32.1. The molecule has 0 spiro atoms. The van der Waals surface area contributed by atoms with E-state index in [0.717, 1.165) is 23.6 Å². The van der Waals surface area contributed by atoms with Gasteiger partial charge in [-0.25, -0.2) is 0 Å². The zero-order valence-corrected chi connectivity index (χ0v) is 27.1. The van der Waals surface area contributed by atoms with Crippen molar-refractivity contribution in [2.45, 2.75) is 0 Å². The van der Waals surface area contributed by atoms with Crippen LogP contribution in [0, 0.1) is 0 Å². The third-order valence-electron chi connectivity index (χ3n) is 9.33. The van der Waals surface area contributed by atoms with Gasteiger partial charge in [-0.3, -0.25) is 0 Å². The Bertz CT molecular complexity index is 2420. The summed E-state index contributed by atoms with van der Waals surface area (Å²) >= 11 is 1.84. The number of nitrogens with zero attached hydrogens (tertiary/aromatic N) is 1. The van der Waals surface area contributed by atoms with Crippen LogP contribution < -0.4 is 10.2 Å². The minimum absolute atomic E-state index is 0.820. The molecule has 1 aliphatic rings. The van der Waals surface area contributed by atoms with Crippen molar-refractivity contribution < 1.29 is 0 Å². The third kappa shape index (κ3) is 5.25. The molecular formula is C45H32N2S. The molecule has 0 amide bonds. The fourth-order valence-electron chi connectivity index (χ4n) is 6.80. The molecule has 0 unspecified atom stereocenters. The lowest BCUT2D eigenvalue weighted by Gasteiger charge is -2.26. The predicted molar refractivity (Wildman–Crippen MR) is 208 cm³/mol. The first-order valence-corrected chi connectivity index (χ1v) is 17.2. The van der Waals surface area contributed by atoms with Gasteiger partial charge in [0.1, 0.15) is 0 Å². The summed E-state index contributed by atoms with van der Waals surface area (Å²) < 4.78 is 1.32. The van der Waals surface area contributed by atoms with Crippen molar-refractivity contribution in [2.24, 2.45) is 0 Å². The number of fused-ring (bicyclic) bond motifs is 4. The van der Waals surface area contributed by atoms with Crippen LogP contribution in [-0.2, 0) is 0 Å². The number of anilines is 4. The molecule has 7 aromatic carbocycles. The van der Waals surface area contributed by atoms with E-state index in [-0.39, 0.29) is 0 Å². The van der Waals surface area contributed by atoms with Crippen LogP contribution in [0.1, 0.15) is 11.1 Å². The summed E-state index contributed by atoms with van der Waals surface area (Å²) in [4.78, 5) is 2.35. The van der Waals surface area contributed by atoms with Gasteiger partial charge in [0.2, 0.25) is 0 Å². The van der Waals surface area contributed by atoms with Crippen molar-refractivity contribution in [1.82, 2.24) is 0 Å². The molecule has 0 radical (unpaired) electrons. The first kappa shape index (κ1) is 28.3. The predicted octanol–water partition coefficient (Wildman–Crippen LogP) is 12.8. The van der Waals surface area contributed by atoms with Crippen molar-refractivity contribution in [3.05, 3.63) is 181 Å². The summed E-state index contributed by atoms with van der Waals surface area (Å²) in [5, 5.41) is 8.77. The third-order valence-corrected chi connectivity index (χ3v) is 10.5. The molecule has 0 aliphatic carbocycles. The van der Waals surface area contributed by atoms with Gasteiger partial charge in [0.25, 0.3) is 0 Å². The lowest BCUT2D eigenvalue weighted by atomic mass is 9.98. The SMILES string of the molecule is C1=C(c2ccc(N(c3ccc(-c4ccccc4)cc3)c3ccc(-c4ccc5ccccc5c4)cc3)cc2)CNc2sc3ccccc3c21. The molecule has 8 aromatic rings. The minimum atomic E-state index is 0.820. The summed E-state index contributed by atoms with van der Waals surface area (Å²) in [6.45, 7) is 0.820. The minimum Gasteiger partial charge on any atom is -0.372 e. The number of hydrogen-bond donors (Lipinski definition) is 1. The van der Waals surface area contributed by atoms with Crippen LogP contribution in [0.25, 0.3) is 54.8 Å². The van der Waals surface area contributed by atoms with Crippen molar-refractivity contribution >= 4 is 65.9 Å². The number of rotatable bonds is 6. The first-order valence-electron chi connectivity index (χ1n) is 16.4. The Labute approximate surface area is 284 Å².